The quantitative estimate of drug-likeness (QED) is 0.727. The molecule has 1 amide bonds. The molecule has 2 atom stereocenters. The Bertz CT molecular complexity index is 216. The number of nitrogens with one attached hydrogen (secondary N) is 1. The van der Waals surface area contributed by atoms with Gasteiger partial charge in [-0.25, -0.2) is 0 Å². The molecule has 94 valence electrons. The molecule has 0 radical (unpaired) electrons. The number of nitrogens with two attached hydrogens (primary N) is 1. The van der Waals surface area contributed by atoms with Gasteiger partial charge in [-0.2, -0.15) is 0 Å². The van der Waals surface area contributed by atoms with Crippen LogP contribution in [-0.2, 0) is 4.79 Å². The average Bonchev–Trinajstić information content (AvgIpc) is 2.70. The molecule has 2 unspecified atom stereocenters. The van der Waals surface area contributed by atoms with Gasteiger partial charge in [0.25, 0.3) is 0 Å². The molecular formula is C13H26N2O. The van der Waals surface area contributed by atoms with E-state index in [1.807, 2.05) is 0 Å². The normalized spacial score (nSPS) is 25.0. The first-order chi connectivity index (χ1) is 7.63. The van der Waals surface area contributed by atoms with Gasteiger partial charge in [0.1, 0.15) is 0 Å². The Kier molecular flexibility index (Phi) is 5.81. The standard InChI is InChI=1S/C13H26N2O/c1-10(2)6-7-13(16)15-9-12-5-3-4-11(12)8-14/h10-12H,3-9,14H2,1-2H3,(H,15,16). The van der Waals surface area contributed by atoms with Crippen molar-refractivity contribution < 1.29 is 4.79 Å². The Morgan fingerprint density at radius 2 is 2.06 bits per heavy atom. The number of hydrogen-bond donors (Lipinski definition) is 2. The van der Waals surface area contributed by atoms with Gasteiger partial charge in [0.2, 0.25) is 5.91 Å². The highest BCUT2D eigenvalue weighted by atomic mass is 16.1. The summed E-state index contributed by atoms with van der Waals surface area (Å²) in [6.45, 7) is 5.90. The lowest BCUT2D eigenvalue weighted by molar-refractivity contribution is -0.121. The summed E-state index contributed by atoms with van der Waals surface area (Å²) in [6, 6.07) is 0. The van der Waals surface area contributed by atoms with Gasteiger partial charge in [0.05, 0.1) is 0 Å². The van der Waals surface area contributed by atoms with Gasteiger partial charge in [-0.1, -0.05) is 20.3 Å². The van der Waals surface area contributed by atoms with Crippen molar-refractivity contribution in [3.63, 3.8) is 0 Å². The number of amides is 1. The fourth-order valence-corrected chi connectivity index (χ4v) is 2.45. The summed E-state index contributed by atoms with van der Waals surface area (Å²) in [4.78, 5) is 11.6. The lowest BCUT2D eigenvalue weighted by atomic mass is 9.96. The summed E-state index contributed by atoms with van der Waals surface area (Å²) in [5.41, 5.74) is 5.72. The highest BCUT2D eigenvalue weighted by Gasteiger charge is 2.25. The van der Waals surface area contributed by atoms with E-state index in [4.69, 9.17) is 5.73 Å². The average molecular weight is 226 g/mol. The zero-order valence-corrected chi connectivity index (χ0v) is 10.7. The molecule has 0 aromatic heterocycles. The monoisotopic (exact) mass is 226 g/mol. The van der Waals surface area contributed by atoms with Crippen LogP contribution in [0.15, 0.2) is 0 Å². The van der Waals surface area contributed by atoms with Crippen molar-refractivity contribution in [2.45, 2.75) is 46.0 Å². The Hall–Kier alpha value is -0.570. The van der Waals surface area contributed by atoms with Crippen LogP contribution in [0.1, 0.15) is 46.0 Å². The molecule has 1 aliphatic rings. The fourth-order valence-electron chi connectivity index (χ4n) is 2.45. The van der Waals surface area contributed by atoms with E-state index in [-0.39, 0.29) is 5.91 Å². The van der Waals surface area contributed by atoms with E-state index in [2.05, 4.69) is 19.2 Å². The smallest absolute Gasteiger partial charge is 0.220 e. The highest BCUT2D eigenvalue weighted by Crippen LogP contribution is 2.30. The topological polar surface area (TPSA) is 55.1 Å². The van der Waals surface area contributed by atoms with Crippen LogP contribution in [-0.4, -0.2) is 19.0 Å². The molecule has 1 saturated carbocycles. The molecule has 0 bridgehead atoms. The van der Waals surface area contributed by atoms with Crippen molar-refractivity contribution in [3.8, 4) is 0 Å². The predicted octanol–water partition coefficient (Wildman–Crippen LogP) is 1.91. The first-order valence-electron chi connectivity index (χ1n) is 6.60. The number of rotatable bonds is 6. The van der Waals surface area contributed by atoms with Crippen LogP contribution in [0.25, 0.3) is 0 Å². The Morgan fingerprint density at radius 1 is 1.38 bits per heavy atom. The molecule has 1 rings (SSSR count). The zero-order chi connectivity index (χ0) is 12.0. The molecule has 0 aromatic carbocycles. The molecule has 0 spiro atoms. The zero-order valence-electron chi connectivity index (χ0n) is 10.7. The van der Waals surface area contributed by atoms with Crippen molar-refractivity contribution in [2.24, 2.45) is 23.5 Å². The van der Waals surface area contributed by atoms with Gasteiger partial charge >= 0.3 is 0 Å². The third kappa shape index (κ3) is 4.52. The maximum absolute atomic E-state index is 11.6. The third-order valence-corrected chi connectivity index (χ3v) is 3.63. The van der Waals surface area contributed by atoms with E-state index in [1.165, 1.54) is 19.3 Å². The minimum atomic E-state index is 0.205. The summed E-state index contributed by atoms with van der Waals surface area (Å²) in [6.07, 6.45) is 5.39. The van der Waals surface area contributed by atoms with Crippen LogP contribution in [0, 0.1) is 17.8 Å². The maximum atomic E-state index is 11.6. The molecule has 16 heavy (non-hydrogen) atoms. The Morgan fingerprint density at radius 3 is 2.69 bits per heavy atom. The van der Waals surface area contributed by atoms with Gasteiger partial charge in [0, 0.05) is 13.0 Å². The first kappa shape index (κ1) is 13.5. The van der Waals surface area contributed by atoms with E-state index in [9.17, 15) is 4.79 Å². The van der Waals surface area contributed by atoms with Crippen LogP contribution in [0.4, 0.5) is 0 Å². The molecule has 3 nitrogen and oxygen atoms in total. The van der Waals surface area contributed by atoms with Crippen molar-refractivity contribution in [3.05, 3.63) is 0 Å². The fraction of sp³-hybridized carbons (Fsp3) is 0.923. The molecule has 0 aliphatic heterocycles. The van der Waals surface area contributed by atoms with Gasteiger partial charge in [-0.05, 0) is 43.6 Å². The maximum Gasteiger partial charge on any atom is 0.220 e. The molecular weight excluding hydrogens is 200 g/mol. The molecule has 1 aliphatic carbocycles. The van der Waals surface area contributed by atoms with Crippen LogP contribution < -0.4 is 11.1 Å². The van der Waals surface area contributed by atoms with E-state index < -0.39 is 0 Å². The van der Waals surface area contributed by atoms with Crippen molar-refractivity contribution in [2.75, 3.05) is 13.1 Å². The van der Waals surface area contributed by atoms with Gasteiger partial charge < -0.3 is 11.1 Å². The minimum Gasteiger partial charge on any atom is -0.356 e. The summed E-state index contributed by atoms with van der Waals surface area (Å²) in [5.74, 6) is 2.06. The molecule has 1 fully saturated rings. The van der Waals surface area contributed by atoms with E-state index >= 15 is 0 Å². The second kappa shape index (κ2) is 6.89. The van der Waals surface area contributed by atoms with Crippen LogP contribution in [0.3, 0.4) is 0 Å². The Balaban J connectivity index is 2.16. The molecule has 0 heterocycles. The van der Waals surface area contributed by atoms with E-state index in [0.29, 0.717) is 24.2 Å². The molecule has 3 heteroatoms. The Labute approximate surface area is 99.2 Å². The third-order valence-electron chi connectivity index (χ3n) is 3.63. The molecule has 0 aromatic rings. The van der Waals surface area contributed by atoms with Crippen molar-refractivity contribution in [1.29, 1.82) is 0 Å². The van der Waals surface area contributed by atoms with E-state index in [1.54, 1.807) is 0 Å². The van der Waals surface area contributed by atoms with Gasteiger partial charge in [-0.15, -0.1) is 0 Å². The lowest BCUT2D eigenvalue weighted by Crippen LogP contribution is -2.32. The summed E-state index contributed by atoms with van der Waals surface area (Å²) in [7, 11) is 0. The summed E-state index contributed by atoms with van der Waals surface area (Å²) in [5, 5.41) is 3.05. The summed E-state index contributed by atoms with van der Waals surface area (Å²) < 4.78 is 0. The molecule has 3 N–H and O–H groups in total. The highest BCUT2D eigenvalue weighted by molar-refractivity contribution is 5.75. The SMILES string of the molecule is CC(C)CCC(=O)NCC1CCCC1CN. The van der Waals surface area contributed by atoms with Gasteiger partial charge in [0.15, 0.2) is 0 Å². The first-order valence-corrected chi connectivity index (χ1v) is 6.60. The number of hydrogen-bond acceptors (Lipinski definition) is 2. The predicted molar refractivity (Wildman–Crippen MR) is 67.0 cm³/mol. The summed E-state index contributed by atoms with van der Waals surface area (Å²) >= 11 is 0. The largest absolute Gasteiger partial charge is 0.356 e. The molecule has 0 saturated heterocycles. The second-order valence-corrected chi connectivity index (χ2v) is 5.42. The van der Waals surface area contributed by atoms with Crippen LogP contribution in [0.2, 0.25) is 0 Å². The second-order valence-electron chi connectivity index (χ2n) is 5.42. The number of carbonyl (C=O) groups is 1. The lowest BCUT2D eigenvalue weighted by Gasteiger charge is -2.18. The number of carbonyl (C=O) groups excluding carboxylic acids is 1. The van der Waals surface area contributed by atoms with Crippen LogP contribution in [0.5, 0.6) is 0 Å². The van der Waals surface area contributed by atoms with E-state index in [0.717, 1.165) is 19.5 Å². The van der Waals surface area contributed by atoms with Crippen LogP contribution >= 0.6 is 0 Å². The van der Waals surface area contributed by atoms with Crippen molar-refractivity contribution in [1.82, 2.24) is 5.32 Å². The van der Waals surface area contributed by atoms with Gasteiger partial charge in [-0.3, -0.25) is 4.79 Å². The minimum absolute atomic E-state index is 0.205. The van der Waals surface area contributed by atoms with Crippen molar-refractivity contribution >= 4 is 5.91 Å².